The molecule has 2 fully saturated rings. The second kappa shape index (κ2) is 6.92. The minimum atomic E-state index is -1.02. The Kier molecular flexibility index (Phi) is 4.59. The Labute approximate surface area is 154 Å². The zero-order chi connectivity index (χ0) is 19.0. The number of ether oxygens (including phenoxy) is 1. The maximum atomic E-state index is 13.5. The molecule has 2 amide bonds. The zero-order valence-corrected chi connectivity index (χ0v) is 14.7. The Morgan fingerprint density at radius 1 is 1.15 bits per heavy atom. The number of amides is 2. The van der Waals surface area contributed by atoms with Crippen LogP contribution in [-0.2, 0) is 14.3 Å². The van der Waals surface area contributed by atoms with Crippen LogP contribution in [0.1, 0.15) is 38.5 Å². The minimum Gasteiger partial charge on any atom is -0.375 e. The summed E-state index contributed by atoms with van der Waals surface area (Å²) in [7, 11) is 0. The van der Waals surface area contributed by atoms with Gasteiger partial charge in [-0.05, 0) is 31.7 Å². The molecule has 1 spiro atoms. The van der Waals surface area contributed by atoms with Gasteiger partial charge in [0.25, 0.3) is 0 Å². The lowest BCUT2D eigenvalue weighted by Crippen LogP contribution is -2.49. The third-order valence-corrected chi connectivity index (χ3v) is 5.52. The SMILES string of the molecule is O=C(Nc1c[nH]c2cc(F)c(F)cc12)C(=O)NC1CCOC2(CCCC2)C1. The van der Waals surface area contributed by atoms with E-state index in [1.54, 1.807) is 0 Å². The lowest BCUT2D eigenvalue weighted by Gasteiger charge is -2.38. The predicted octanol–water partition coefficient (Wildman–Crippen LogP) is 2.99. The minimum absolute atomic E-state index is 0.107. The van der Waals surface area contributed by atoms with Gasteiger partial charge in [0.1, 0.15) is 0 Å². The summed E-state index contributed by atoms with van der Waals surface area (Å²) in [5.41, 5.74) is 0.394. The Morgan fingerprint density at radius 2 is 1.89 bits per heavy atom. The number of anilines is 1. The molecule has 1 unspecified atom stereocenters. The first-order valence-corrected chi connectivity index (χ1v) is 9.18. The Morgan fingerprint density at radius 3 is 2.67 bits per heavy atom. The van der Waals surface area contributed by atoms with E-state index in [4.69, 9.17) is 4.74 Å². The number of aromatic amines is 1. The van der Waals surface area contributed by atoms with E-state index in [2.05, 4.69) is 15.6 Å². The van der Waals surface area contributed by atoms with Crippen LogP contribution in [0.25, 0.3) is 10.9 Å². The van der Waals surface area contributed by atoms with Crippen molar-refractivity contribution in [2.45, 2.75) is 50.2 Å². The fourth-order valence-electron chi connectivity index (χ4n) is 4.17. The number of fused-ring (bicyclic) bond motifs is 1. The normalized spacial score (nSPS) is 21.5. The average molecular weight is 377 g/mol. The molecule has 1 saturated carbocycles. The molecule has 1 aromatic carbocycles. The molecule has 2 heterocycles. The van der Waals surface area contributed by atoms with E-state index < -0.39 is 23.4 Å². The molecule has 0 radical (unpaired) electrons. The molecule has 4 rings (SSSR count). The molecule has 1 atom stereocenters. The number of aromatic nitrogens is 1. The fraction of sp³-hybridized carbons (Fsp3) is 0.474. The van der Waals surface area contributed by atoms with E-state index in [0.717, 1.165) is 37.8 Å². The van der Waals surface area contributed by atoms with Crippen LogP contribution >= 0.6 is 0 Å². The zero-order valence-electron chi connectivity index (χ0n) is 14.7. The van der Waals surface area contributed by atoms with Gasteiger partial charge < -0.3 is 20.4 Å². The molecule has 27 heavy (non-hydrogen) atoms. The van der Waals surface area contributed by atoms with Crippen molar-refractivity contribution >= 4 is 28.4 Å². The van der Waals surface area contributed by atoms with E-state index in [0.29, 0.717) is 30.4 Å². The summed E-state index contributed by atoms with van der Waals surface area (Å²) < 4.78 is 32.7. The number of rotatable bonds is 2. The van der Waals surface area contributed by atoms with Crippen molar-refractivity contribution in [3.63, 3.8) is 0 Å². The Bertz CT molecular complexity index is 890. The van der Waals surface area contributed by atoms with Crippen LogP contribution in [0.4, 0.5) is 14.5 Å². The number of H-pyrrole nitrogens is 1. The van der Waals surface area contributed by atoms with Crippen molar-refractivity contribution in [1.29, 1.82) is 0 Å². The summed E-state index contributed by atoms with van der Waals surface area (Å²) in [5, 5.41) is 5.53. The van der Waals surface area contributed by atoms with E-state index in [1.165, 1.54) is 6.20 Å². The molecule has 2 aromatic rings. The monoisotopic (exact) mass is 377 g/mol. The highest BCUT2D eigenvalue weighted by molar-refractivity contribution is 6.40. The largest absolute Gasteiger partial charge is 0.375 e. The van der Waals surface area contributed by atoms with Crippen molar-refractivity contribution in [2.24, 2.45) is 0 Å². The van der Waals surface area contributed by atoms with Crippen LogP contribution in [0.2, 0.25) is 0 Å². The summed E-state index contributed by atoms with van der Waals surface area (Å²) in [6, 6.07) is 1.88. The van der Waals surface area contributed by atoms with Crippen LogP contribution in [0.3, 0.4) is 0 Å². The van der Waals surface area contributed by atoms with Crippen molar-refractivity contribution < 1.29 is 23.1 Å². The number of hydrogen-bond acceptors (Lipinski definition) is 3. The lowest BCUT2D eigenvalue weighted by molar-refractivity contribution is -0.138. The van der Waals surface area contributed by atoms with E-state index in [9.17, 15) is 18.4 Å². The molecule has 3 N–H and O–H groups in total. The van der Waals surface area contributed by atoms with Gasteiger partial charge in [0, 0.05) is 30.3 Å². The number of halogens is 2. The predicted molar refractivity (Wildman–Crippen MR) is 95.2 cm³/mol. The number of nitrogens with one attached hydrogen (secondary N) is 3. The maximum Gasteiger partial charge on any atom is 0.313 e. The van der Waals surface area contributed by atoms with E-state index >= 15 is 0 Å². The molecule has 6 nitrogen and oxygen atoms in total. The summed E-state index contributed by atoms with van der Waals surface area (Å²) in [5.74, 6) is -3.59. The molecule has 1 aliphatic heterocycles. The summed E-state index contributed by atoms with van der Waals surface area (Å²) in [6.07, 6.45) is 7.00. The van der Waals surface area contributed by atoms with Crippen molar-refractivity contribution in [3.05, 3.63) is 30.0 Å². The highest BCUT2D eigenvalue weighted by Crippen LogP contribution is 2.40. The van der Waals surface area contributed by atoms with Gasteiger partial charge in [-0.3, -0.25) is 9.59 Å². The van der Waals surface area contributed by atoms with E-state index in [1.807, 2.05) is 0 Å². The summed E-state index contributed by atoms with van der Waals surface area (Å²) >= 11 is 0. The van der Waals surface area contributed by atoms with Gasteiger partial charge in [-0.15, -0.1) is 0 Å². The third kappa shape index (κ3) is 3.53. The third-order valence-electron chi connectivity index (χ3n) is 5.52. The molecule has 144 valence electrons. The van der Waals surface area contributed by atoms with E-state index in [-0.39, 0.29) is 17.3 Å². The molecular formula is C19H21F2N3O3. The average Bonchev–Trinajstić information content (AvgIpc) is 3.23. The highest BCUT2D eigenvalue weighted by atomic mass is 19.2. The standard InChI is InChI=1S/C19H21F2N3O3/c20-13-7-12-15(8-14(13)21)22-10-16(12)24-18(26)17(25)23-11-3-6-27-19(9-11)4-1-2-5-19/h7-8,10-11,22H,1-6,9H2,(H,23,25)(H,24,26). The first-order chi connectivity index (χ1) is 13.0. The molecule has 8 heteroatoms. The van der Waals surface area contributed by atoms with Gasteiger partial charge in [-0.1, -0.05) is 12.8 Å². The van der Waals surface area contributed by atoms with Crippen LogP contribution in [0, 0.1) is 11.6 Å². The van der Waals surface area contributed by atoms with Crippen LogP contribution in [-0.4, -0.2) is 35.0 Å². The molecule has 2 aliphatic rings. The first-order valence-electron chi connectivity index (χ1n) is 9.18. The Hall–Kier alpha value is -2.48. The number of hydrogen-bond donors (Lipinski definition) is 3. The topological polar surface area (TPSA) is 83.2 Å². The van der Waals surface area contributed by atoms with Gasteiger partial charge in [0.2, 0.25) is 0 Å². The summed E-state index contributed by atoms with van der Waals surface area (Å²) in [4.78, 5) is 27.3. The fourth-order valence-corrected chi connectivity index (χ4v) is 4.17. The number of carbonyl (C=O) groups is 2. The highest BCUT2D eigenvalue weighted by Gasteiger charge is 2.40. The first kappa shape index (κ1) is 17.9. The smallest absolute Gasteiger partial charge is 0.313 e. The molecular weight excluding hydrogens is 356 g/mol. The molecule has 1 saturated heterocycles. The molecule has 1 aromatic heterocycles. The van der Waals surface area contributed by atoms with Crippen molar-refractivity contribution in [1.82, 2.24) is 10.3 Å². The Balaban J connectivity index is 1.41. The van der Waals surface area contributed by atoms with Crippen LogP contribution < -0.4 is 10.6 Å². The summed E-state index contributed by atoms with van der Waals surface area (Å²) in [6.45, 7) is 0.569. The number of benzene rings is 1. The second-order valence-corrected chi connectivity index (χ2v) is 7.37. The van der Waals surface area contributed by atoms with Gasteiger partial charge in [0.15, 0.2) is 11.6 Å². The molecule has 0 bridgehead atoms. The lowest BCUT2D eigenvalue weighted by atomic mass is 9.89. The quantitative estimate of drug-likeness (QED) is 0.704. The van der Waals surface area contributed by atoms with Crippen LogP contribution in [0.5, 0.6) is 0 Å². The number of carbonyl (C=O) groups excluding carboxylic acids is 2. The van der Waals surface area contributed by atoms with Crippen molar-refractivity contribution in [3.8, 4) is 0 Å². The second-order valence-electron chi connectivity index (χ2n) is 7.37. The van der Waals surface area contributed by atoms with Crippen molar-refractivity contribution in [2.75, 3.05) is 11.9 Å². The van der Waals surface area contributed by atoms with Gasteiger partial charge >= 0.3 is 11.8 Å². The van der Waals surface area contributed by atoms with Gasteiger partial charge in [-0.25, -0.2) is 8.78 Å². The molecule has 1 aliphatic carbocycles. The maximum absolute atomic E-state index is 13.5. The van der Waals surface area contributed by atoms with Crippen LogP contribution in [0.15, 0.2) is 18.3 Å². The van der Waals surface area contributed by atoms with Gasteiger partial charge in [0.05, 0.1) is 16.8 Å². The van der Waals surface area contributed by atoms with Gasteiger partial charge in [-0.2, -0.15) is 0 Å².